The van der Waals surface area contributed by atoms with Crippen LogP contribution in [-0.2, 0) is 0 Å². The molecule has 0 saturated carbocycles. The molecule has 0 bridgehead atoms. The Hall–Kier alpha value is -2.63. The summed E-state index contributed by atoms with van der Waals surface area (Å²) in [6, 6.07) is 9.93. The van der Waals surface area contributed by atoms with E-state index in [1.165, 1.54) is 12.1 Å². The van der Waals surface area contributed by atoms with Crippen molar-refractivity contribution in [2.75, 3.05) is 5.73 Å². The number of aromatic nitrogens is 2. The van der Waals surface area contributed by atoms with E-state index in [1.54, 1.807) is 24.3 Å². The lowest BCUT2D eigenvalue weighted by atomic mass is 10.3. The molecule has 0 saturated heterocycles. The molecule has 2 rings (SSSR count). The number of carbonyl (C=O) groups excluding carboxylic acids is 1. The van der Waals surface area contributed by atoms with Crippen LogP contribution >= 0.6 is 0 Å². The van der Waals surface area contributed by atoms with Crippen LogP contribution in [-0.4, -0.2) is 16.1 Å². The Labute approximate surface area is 97.2 Å². The molecule has 0 aliphatic heterocycles. The highest BCUT2D eigenvalue weighted by Gasteiger charge is 2.05. The van der Waals surface area contributed by atoms with Crippen molar-refractivity contribution in [2.24, 2.45) is 5.73 Å². The molecule has 0 aliphatic rings. The number of benzene rings is 1. The number of nitrogen functional groups attached to an aromatic ring is 1. The normalized spacial score (nSPS) is 9.88. The first-order valence-electron chi connectivity index (χ1n) is 4.82. The minimum absolute atomic E-state index is 0.0818. The molecule has 0 spiro atoms. The van der Waals surface area contributed by atoms with Crippen LogP contribution in [0, 0.1) is 0 Å². The number of anilines is 1. The van der Waals surface area contributed by atoms with E-state index in [-0.39, 0.29) is 11.6 Å². The lowest BCUT2D eigenvalue weighted by Gasteiger charge is -2.06. The second-order valence-corrected chi connectivity index (χ2v) is 3.26. The predicted molar refractivity (Wildman–Crippen MR) is 61.5 cm³/mol. The van der Waals surface area contributed by atoms with Gasteiger partial charge in [0.05, 0.1) is 5.69 Å². The average Bonchev–Trinajstić information content (AvgIpc) is 2.33. The smallest absolute Gasteiger partial charge is 0.269 e. The monoisotopic (exact) mass is 230 g/mol. The van der Waals surface area contributed by atoms with Gasteiger partial charge in [0.15, 0.2) is 11.4 Å². The molecule has 6 heteroatoms. The van der Waals surface area contributed by atoms with Crippen LogP contribution in [0.25, 0.3) is 0 Å². The Morgan fingerprint density at radius 1 is 1.12 bits per heavy atom. The van der Waals surface area contributed by atoms with Gasteiger partial charge in [0.1, 0.15) is 0 Å². The number of nitrogens with zero attached hydrogens (tertiary/aromatic N) is 2. The number of para-hydroxylation sites is 2. The zero-order valence-electron chi connectivity index (χ0n) is 8.83. The van der Waals surface area contributed by atoms with Crippen LogP contribution in [0.4, 0.5) is 5.69 Å². The Bertz CT molecular complexity index is 539. The molecule has 1 aromatic carbocycles. The largest absolute Gasteiger partial charge is 0.435 e. The molecule has 6 nitrogen and oxygen atoms in total. The molecule has 0 unspecified atom stereocenters. The number of hydrogen-bond acceptors (Lipinski definition) is 5. The minimum atomic E-state index is -0.636. The van der Waals surface area contributed by atoms with Crippen LogP contribution in [0.3, 0.4) is 0 Å². The Morgan fingerprint density at radius 3 is 2.47 bits per heavy atom. The third-order valence-corrected chi connectivity index (χ3v) is 2.03. The second kappa shape index (κ2) is 4.48. The molecule has 0 aliphatic carbocycles. The summed E-state index contributed by atoms with van der Waals surface area (Å²) in [5.41, 5.74) is 11.3. The van der Waals surface area contributed by atoms with E-state index < -0.39 is 5.91 Å². The lowest BCUT2D eigenvalue weighted by Crippen LogP contribution is -2.13. The van der Waals surface area contributed by atoms with E-state index >= 15 is 0 Å². The highest BCUT2D eigenvalue weighted by Crippen LogP contribution is 2.24. The molecule has 1 aromatic heterocycles. The molecule has 17 heavy (non-hydrogen) atoms. The maximum Gasteiger partial charge on any atom is 0.269 e. The third-order valence-electron chi connectivity index (χ3n) is 2.03. The molecule has 1 heterocycles. The van der Waals surface area contributed by atoms with Crippen molar-refractivity contribution in [3.8, 4) is 11.6 Å². The van der Waals surface area contributed by atoms with Gasteiger partial charge in [-0.25, -0.2) is 0 Å². The van der Waals surface area contributed by atoms with Gasteiger partial charge in [-0.3, -0.25) is 4.79 Å². The second-order valence-electron chi connectivity index (χ2n) is 3.26. The van der Waals surface area contributed by atoms with Crippen molar-refractivity contribution in [3.05, 3.63) is 42.1 Å². The first-order chi connectivity index (χ1) is 8.16. The number of ether oxygens (including phenoxy) is 1. The molecule has 0 fully saturated rings. The van der Waals surface area contributed by atoms with Crippen molar-refractivity contribution in [1.29, 1.82) is 0 Å². The van der Waals surface area contributed by atoms with E-state index in [1.807, 2.05) is 0 Å². The Morgan fingerprint density at radius 2 is 1.88 bits per heavy atom. The summed E-state index contributed by atoms with van der Waals surface area (Å²) < 4.78 is 5.39. The van der Waals surface area contributed by atoms with Gasteiger partial charge in [-0.15, -0.1) is 10.2 Å². The molecule has 0 atom stereocenters. The van der Waals surface area contributed by atoms with Gasteiger partial charge >= 0.3 is 0 Å². The fraction of sp³-hybridized carbons (Fsp3) is 0. The molecule has 4 N–H and O–H groups in total. The molecule has 1 amide bonds. The van der Waals surface area contributed by atoms with Crippen LogP contribution in [0.2, 0.25) is 0 Å². The van der Waals surface area contributed by atoms with E-state index in [0.717, 1.165) is 0 Å². The van der Waals surface area contributed by atoms with Crippen molar-refractivity contribution in [1.82, 2.24) is 10.2 Å². The minimum Gasteiger partial charge on any atom is -0.435 e. The molecular weight excluding hydrogens is 220 g/mol. The van der Waals surface area contributed by atoms with Crippen LogP contribution < -0.4 is 16.2 Å². The molecular formula is C11H10N4O2. The number of amides is 1. The molecule has 2 aromatic rings. The van der Waals surface area contributed by atoms with Gasteiger partial charge in [0.25, 0.3) is 5.91 Å². The summed E-state index contributed by atoms with van der Waals surface area (Å²) in [4.78, 5) is 10.8. The van der Waals surface area contributed by atoms with Crippen molar-refractivity contribution >= 4 is 11.6 Å². The molecule has 0 radical (unpaired) electrons. The van der Waals surface area contributed by atoms with E-state index in [9.17, 15) is 4.79 Å². The van der Waals surface area contributed by atoms with Gasteiger partial charge < -0.3 is 16.2 Å². The zero-order valence-corrected chi connectivity index (χ0v) is 8.83. The van der Waals surface area contributed by atoms with E-state index in [2.05, 4.69) is 10.2 Å². The van der Waals surface area contributed by atoms with Gasteiger partial charge in [0.2, 0.25) is 5.88 Å². The Kier molecular flexibility index (Phi) is 2.87. The highest BCUT2D eigenvalue weighted by molar-refractivity contribution is 5.90. The maximum absolute atomic E-state index is 10.8. The fourth-order valence-electron chi connectivity index (χ4n) is 1.19. The SMILES string of the molecule is NC(=O)c1ccc(Oc2ccccc2N)nn1. The standard InChI is InChI=1S/C11H10N4O2/c12-7-3-1-2-4-9(7)17-10-6-5-8(11(13)16)14-15-10/h1-6H,12H2,(H2,13,16). The summed E-state index contributed by atoms with van der Waals surface area (Å²) in [7, 11) is 0. The summed E-state index contributed by atoms with van der Waals surface area (Å²) in [5, 5.41) is 7.32. The van der Waals surface area contributed by atoms with Gasteiger partial charge in [-0.2, -0.15) is 0 Å². The first-order valence-corrected chi connectivity index (χ1v) is 4.82. The average molecular weight is 230 g/mol. The number of primary amides is 1. The summed E-state index contributed by atoms with van der Waals surface area (Å²) >= 11 is 0. The van der Waals surface area contributed by atoms with E-state index in [4.69, 9.17) is 16.2 Å². The molecule has 86 valence electrons. The van der Waals surface area contributed by atoms with Crippen molar-refractivity contribution < 1.29 is 9.53 Å². The fourth-order valence-corrected chi connectivity index (χ4v) is 1.19. The number of hydrogen-bond donors (Lipinski definition) is 2. The lowest BCUT2D eigenvalue weighted by molar-refractivity contribution is 0.0994. The number of rotatable bonds is 3. The van der Waals surface area contributed by atoms with E-state index in [0.29, 0.717) is 11.4 Å². The number of carbonyl (C=O) groups is 1. The van der Waals surface area contributed by atoms with Gasteiger partial charge in [0, 0.05) is 6.07 Å². The number of nitrogens with two attached hydrogens (primary N) is 2. The third kappa shape index (κ3) is 2.49. The predicted octanol–water partition coefficient (Wildman–Crippen LogP) is 0.950. The van der Waals surface area contributed by atoms with Crippen LogP contribution in [0.1, 0.15) is 10.5 Å². The topological polar surface area (TPSA) is 104 Å². The quantitative estimate of drug-likeness (QED) is 0.764. The van der Waals surface area contributed by atoms with Crippen LogP contribution in [0.15, 0.2) is 36.4 Å². The zero-order chi connectivity index (χ0) is 12.3. The maximum atomic E-state index is 10.8. The summed E-state index contributed by atoms with van der Waals surface area (Å²) in [5.74, 6) is 0.0878. The van der Waals surface area contributed by atoms with Crippen LogP contribution in [0.5, 0.6) is 11.6 Å². The highest BCUT2D eigenvalue weighted by atomic mass is 16.5. The summed E-state index contributed by atoms with van der Waals surface area (Å²) in [6.07, 6.45) is 0. The van der Waals surface area contributed by atoms with Crippen molar-refractivity contribution in [3.63, 3.8) is 0 Å². The van der Waals surface area contributed by atoms with Gasteiger partial charge in [-0.1, -0.05) is 12.1 Å². The van der Waals surface area contributed by atoms with Crippen molar-refractivity contribution in [2.45, 2.75) is 0 Å². The van der Waals surface area contributed by atoms with Gasteiger partial charge in [-0.05, 0) is 18.2 Å². The summed E-state index contributed by atoms with van der Waals surface area (Å²) in [6.45, 7) is 0. The Balaban J connectivity index is 2.20. The first kappa shape index (κ1) is 10.9.